The molecule has 4 heteroatoms. The predicted molar refractivity (Wildman–Crippen MR) is 53.1 cm³/mol. The second kappa shape index (κ2) is 5.98. The molecule has 4 nitrogen and oxygen atoms in total. The molecule has 0 radical (unpaired) electrons. The summed E-state index contributed by atoms with van der Waals surface area (Å²) in [7, 11) is 1.41. The van der Waals surface area contributed by atoms with Crippen LogP contribution in [-0.2, 0) is 14.3 Å². The van der Waals surface area contributed by atoms with E-state index in [0.717, 1.165) is 19.4 Å². The highest BCUT2D eigenvalue weighted by Gasteiger charge is 2.20. The molecule has 0 amide bonds. The van der Waals surface area contributed by atoms with E-state index in [9.17, 15) is 4.79 Å². The lowest BCUT2D eigenvalue weighted by Gasteiger charge is -2.11. The van der Waals surface area contributed by atoms with Gasteiger partial charge in [0.2, 0.25) is 0 Å². The van der Waals surface area contributed by atoms with E-state index in [1.807, 2.05) is 0 Å². The van der Waals surface area contributed by atoms with Gasteiger partial charge in [0.25, 0.3) is 0 Å². The normalized spacial score (nSPS) is 26.4. The number of esters is 1. The smallest absolute Gasteiger partial charge is 0.306 e. The Balaban J connectivity index is 1.96. The lowest BCUT2D eigenvalue weighted by atomic mass is 10.2. The third kappa shape index (κ3) is 4.07. The second-order valence-electron chi connectivity index (χ2n) is 3.68. The predicted octanol–water partition coefficient (Wildman–Crippen LogP) is 0.707. The van der Waals surface area contributed by atoms with Gasteiger partial charge in [-0.05, 0) is 19.8 Å². The van der Waals surface area contributed by atoms with Gasteiger partial charge in [-0.15, -0.1) is 0 Å². The van der Waals surface area contributed by atoms with E-state index in [2.05, 4.69) is 17.0 Å². The largest absolute Gasteiger partial charge is 0.469 e. The highest BCUT2D eigenvalue weighted by atomic mass is 16.5. The third-order valence-corrected chi connectivity index (χ3v) is 2.43. The Morgan fingerprint density at radius 3 is 2.93 bits per heavy atom. The van der Waals surface area contributed by atoms with E-state index < -0.39 is 0 Å². The van der Waals surface area contributed by atoms with Gasteiger partial charge in [-0.3, -0.25) is 4.79 Å². The topological polar surface area (TPSA) is 47.6 Å². The average Bonchev–Trinajstić information content (AvgIpc) is 2.58. The Morgan fingerprint density at radius 1 is 1.57 bits per heavy atom. The van der Waals surface area contributed by atoms with Crippen molar-refractivity contribution in [3.63, 3.8) is 0 Å². The molecule has 1 saturated heterocycles. The van der Waals surface area contributed by atoms with Crippen LogP contribution in [0.1, 0.15) is 26.2 Å². The Morgan fingerprint density at radius 2 is 2.36 bits per heavy atom. The number of methoxy groups -OCH3 is 1. The molecule has 2 unspecified atom stereocenters. The fraction of sp³-hybridized carbons (Fsp3) is 0.900. The molecular formula is C10H19NO3. The quantitative estimate of drug-likeness (QED) is 0.525. The Bertz CT molecular complexity index is 184. The molecule has 0 aromatic heterocycles. The summed E-state index contributed by atoms with van der Waals surface area (Å²) in [4.78, 5) is 10.8. The minimum absolute atomic E-state index is 0.168. The SMILES string of the molecule is COC(=O)CCNCC1CCC(C)O1. The number of nitrogens with one attached hydrogen (secondary N) is 1. The zero-order valence-corrected chi connectivity index (χ0v) is 8.91. The molecule has 2 atom stereocenters. The molecule has 1 fully saturated rings. The van der Waals surface area contributed by atoms with E-state index in [-0.39, 0.29) is 5.97 Å². The summed E-state index contributed by atoms with van der Waals surface area (Å²) in [6, 6.07) is 0. The first-order valence-corrected chi connectivity index (χ1v) is 5.15. The van der Waals surface area contributed by atoms with E-state index in [1.165, 1.54) is 7.11 Å². The molecule has 1 aliphatic rings. The standard InChI is InChI=1S/C10H19NO3/c1-8-3-4-9(14-8)7-11-6-5-10(12)13-2/h8-9,11H,3-7H2,1-2H3. The van der Waals surface area contributed by atoms with E-state index in [0.29, 0.717) is 25.2 Å². The van der Waals surface area contributed by atoms with Gasteiger partial charge in [0.15, 0.2) is 0 Å². The summed E-state index contributed by atoms with van der Waals surface area (Å²) in [5.74, 6) is -0.168. The van der Waals surface area contributed by atoms with Gasteiger partial charge in [-0.2, -0.15) is 0 Å². The van der Waals surface area contributed by atoms with Crippen molar-refractivity contribution in [2.24, 2.45) is 0 Å². The van der Waals surface area contributed by atoms with Crippen molar-refractivity contribution in [3.8, 4) is 0 Å². The first-order valence-electron chi connectivity index (χ1n) is 5.15. The molecule has 0 saturated carbocycles. The molecule has 82 valence electrons. The van der Waals surface area contributed by atoms with E-state index in [1.54, 1.807) is 0 Å². The van der Waals surface area contributed by atoms with Crippen LogP contribution in [0.2, 0.25) is 0 Å². The fourth-order valence-electron chi connectivity index (χ4n) is 1.59. The van der Waals surface area contributed by atoms with Gasteiger partial charge >= 0.3 is 5.97 Å². The highest BCUT2D eigenvalue weighted by Crippen LogP contribution is 2.17. The number of hydrogen-bond donors (Lipinski definition) is 1. The molecule has 0 aromatic carbocycles. The minimum Gasteiger partial charge on any atom is -0.469 e. The molecule has 0 aliphatic carbocycles. The van der Waals surface area contributed by atoms with Crippen molar-refractivity contribution in [1.82, 2.24) is 5.32 Å². The molecule has 14 heavy (non-hydrogen) atoms. The van der Waals surface area contributed by atoms with E-state index in [4.69, 9.17) is 4.74 Å². The lowest BCUT2D eigenvalue weighted by molar-refractivity contribution is -0.140. The van der Waals surface area contributed by atoms with Crippen LogP contribution in [-0.4, -0.2) is 38.4 Å². The summed E-state index contributed by atoms with van der Waals surface area (Å²) in [6.45, 7) is 3.59. The number of hydrogen-bond acceptors (Lipinski definition) is 4. The second-order valence-corrected chi connectivity index (χ2v) is 3.68. The van der Waals surface area contributed by atoms with Gasteiger partial charge in [0.1, 0.15) is 0 Å². The van der Waals surface area contributed by atoms with Crippen LogP contribution in [0.25, 0.3) is 0 Å². The van der Waals surface area contributed by atoms with Crippen molar-refractivity contribution in [1.29, 1.82) is 0 Å². The van der Waals surface area contributed by atoms with Crippen molar-refractivity contribution in [3.05, 3.63) is 0 Å². The average molecular weight is 201 g/mol. The molecule has 1 heterocycles. The monoisotopic (exact) mass is 201 g/mol. The first-order chi connectivity index (χ1) is 6.72. The zero-order valence-electron chi connectivity index (χ0n) is 8.91. The Hall–Kier alpha value is -0.610. The van der Waals surface area contributed by atoms with Gasteiger partial charge in [-0.1, -0.05) is 0 Å². The minimum atomic E-state index is -0.168. The Labute approximate surface area is 85.0 Å². The number of rotatable bonds is 5. The van der Waals surface area contributed by atoms with Crippen LogP contribution in [0.5, 0.6) is 0 Å². The molecule has 1 aliphatic heterocycles. The summed E-state index contributed by atoms with van der Waals surface area (Å²) in [6.07, 6.45) is 3.40. The highest BCUT2D eigenvalue weighted by molar-refractivity contribution is 5.69. The maximum Gasteiger partial charge on any atom is 0.306 e. The number of ether oxygens (including phenoxy) is 2. The first kappa shape index (κ1) is 11.5. The van der Waals surface area contributed by atoms with Crippen LogP contribution in [0, 0.1) is 0 Å². The third-order valence-electron chi connectivity index (χ3n) is 2.43. The van der Waals surface area contributed by atoms with Crippen LogP contribution in [0.3, 0.4) is 0 Å². The van der Waals surface area contributed by atoms with Crippen LogP contribution in [0.15, 0.2) is 0 Å². The van der Waals surface area contributed by atoms with Crippen molar-refractivity contribution < 1.29 is 14.3 Å². The van der Waals surface area contributed by atoms with Gasteiger partial charge in [-0.25, -0.2) is 0 Å². The molecular weight excluding hydrogens is 182 g/mol. The van der Waals surface area contributed by atoms with E-state index >= 15 is 0 Å². The fourth-order valence-corrected chi connectivity index (χ4v) is 1.59. The molecule has 1 N–H and O–H groups in total. The summed E-state index contributed by atoms with van der Waals surface area (Å²) in [5.41, 5.74) is 0. The van der Waals surface area contributed by atoms with Gasteiger partial charge < -0.3 is 14.8 Å². The van der Waals surface area contributed by atoms with Crippen molar-refractivity contribution >= 4 is 5.97 Å². The van der Waals surface area contributed by atoms with Crippen molar-refractivity contribution in [2.45, 2.75) is 38.4 Å². The molecule has 0 bridgehead atoms. The molecule has 0 aromatic rings. The summed E-state index contributed by atoms with van der Waals surface area (Å²) in [5, 5.41) is 3.19. The Kier molecular flexibility index (Phi) is 4.90. The van der Waals surface area contributed by atoms with Crippen LogP contribution < -0.4 is 5.32 Å². The lowest BCUT2D eigenvalue weighted by Crippen LogP contribution is -2.28. The zero-order chi connectivity index (χ0) is 10.4. The maximum atomic E-state index is 10.8. The maximum absolute atomic E-state index is 10.8. The van der Waals surface area contributed by atoms with Gasteiger partial charge in [0, 0.05) is 13.1 Å². The van der Waals surface area contributed by atoms with Crippen LogP contribution in [0.4, 0.5) is 0 Å². The number of carbonyl (C=O) groups is 1. The summed E-state index contributed by atoms with van der Waals surface area (Å²) < 4.78 is 10.1. The molecule has 0 spiro atoms. The van der Waals surface area contributed by atoms with Crippen molar-refractivity contribution in [2.75, 3.05) is 20.2 Å². The molecule has 1 rings (SSSR count). The van der Waals surface area contributed by atoms with Crippen LogP contribution >= 0.6 is 0 Å². The number of carbonyl (C=O) groups excluding carboxylic acids is 1. The van der Waals surface area contributed by atoms with Gasteiger partial charge in [0.05, 0.1) is 25.7 Å². The summed E-state index contributed by atoms with van der Waals surface area (Å²) >= 11 is 0.